The first-order valence-corrected chi connectivity index (χ1v) is 9.53. The first kappa shape index (κ1) is 18.3. The second-order valence-electron chi connectivity index (χ2n) is 6.73. The topological polar surface area (TPSA) is 67.6 Å². The number of carbonyl (C=O) groups excluding carboxylic acids is 1. The summed E-state index contributed by atoms with van der Waals surface area (Å²) in [5, 5.41) is 6.82. The number of nitrogens with one attached hydrogen (secondary N) is 1. The van der Waals surface area contributed by atoms with Crippen LogP contribution in [0, 0.1) is 0 Å². The van der Waals surface area contributed by atoms with Crippen LogP contribution in [-0.4, -0.2) is 37.4 Å². The number of hydrogen-bond donors (Lipinski definition) is 1. The number of morpholine rings is 1. The predicted octanol–water partition coefficient (Wildman–Crippen LogP) is 3.99. The third-order valence-electron chi connectivity index (χ3n) is 4.91. The van der Waals surface area contributed by atoms with Gasteiger partial charge in [0.15, 0.2) is 0 Å². The zero-order valence-electron chi connectivity index (χ0n) is 15.9. The molecule has 0 bridgehead atoms. The van der Waals surface area contributed by atoms with Gasteiger partial charge in [0.25, 0.3) is 5.91 Å². The highest BCUT2D eigenvalue weighted by Crippen LogP contribution is 2.23. The van der Waals surface area contributed by atoms with Crippen LogP contribution in [0.25, 0.3) is 11.3 Å². The van der Waals surface area contributed by atoms with E-state index in [2.05, 4.69) is 34.4 Å². The fourth-order valence-electron chi connectivity index (χ4n) is 3.21. The van der Waals surface area contributed by atoms with Crippen LogP contribution in [0.1, 0.15) is 22.8 Å². The number of amides is 1. The molecule has 0 unspecified atom stereocenters. The maximum Gasteiger partial charge on any atom is 0.258 e. The Hall–Kier alpha value is -3.12. The summed E-state index contributed by atoms with van der Waals surface area (Å²) in [6, 6.07) is 17.4. The minimum absolute atomic E-state index is 0.224. The maximum atomic E-state index is 12.5. The SMILES string of the molecule is CCc1ccc(-c2cc(NC(=O)c3ccc(N4CCOCC4)cc3)on2)cc1. The molecule has 2 aromatic carbocycles. The van der Waals surface area contributed by atoms with Crippen molar-refractivity contribution in [2.24, 2.45) is 0 Å². The molecule has 1 saturated heterocycles. The molecule has 1 amide bonds. The van der Waals surface area contributed by atoms with E-state index in [1.54, 1.807) is 6.07 Å². The first-order valence-electron chi connectivity index (χ1n) is 9.53. The van der Waals surface area contributed by atoms with Crippen LogP contribution in [0.2, 0.25) is 0 Å². The lowest BCUT2D eigenvalue weighted by Gasteiger charge is -2.28. The minimum Gasteiger partial charge on any atom is -0.378 e. The number of carbonyl (C=O) groups is 1. The molecule has 0 radical (unpaired) electrons. The van der Waals surface area contributed by atoms with Crippen LogP contribution in [0.3, 0.4) is 0 Å². The van der Waals surface area contributed by atoms with Crippen LogP contribution in [-0.2, 0) is 11.2 Å². The number of rotatable bonds is 5. The Labute approximate surface area is 164 Å². The molecule has 1 fully saturated rings. The number of anilines is 2. The highest BCUT2D eigenvalue weighted by molar-refractivity contribution is 6.03. The maximum absolute atomic E-state index is 12.5. The minimum atomic E-state index is -0.224. The van der Waals surface area contributed by atoms with Gasteiger partial charge in [-0.2, -0.15) is 0 Å². The Balaban J connectivity index is 1.41. The molecule has 2 heterocycles. The van der Waals surface area contributed by atoms with Gasteiger partial charge in [0.2, 0.25) is 5.88 Å². The Bertz CT molecular complexity index is 926. The van der Waals surface area contributed by atoms with E-state index < -0.39 is 0 Å². The molecule has 6 heteroatoms. The van der Waals surface area contributed by atoms with E-state index in [4.69, 9.17) is 9.26 Å². The largest absolute Gasteiger partial charge is 0.378 e. The molecule has 28 heavy (non-hydrogen) atoms. The van der Waals surface area contributed by atoms with Crippen molar-refractivity contribution in [3.05, 3.63) is 65.7 Å². The predicted molar refractivity (Wildman–Crippen MR) is 109 cm³/mol. The zero-order chi connectivity index (χ0) is 19.3. The Kier molecular flexibility index (Phi) is 5.39. The molecule has 144 valence electrons. The smallest absolute Gasteiger partial charge is 0.258 e. The highest BCUT2D eigenvalue weighted by Gasteiger charge is 2.14. The van der Waals surface area contributed by atoms with Gasteiger partial charge in [-0.1, -0.05) is 36.3 Å². The number of ether oxygens (including phenoxy) is 1. The van der Waals surface area contributed by atoms with E-state index in [-0.39, 0.29) is 5.91 Å². The van der Waals surface area contributed by atoms with Gasteiger partial charge in [0.1, 0.15) is 5.69 Å². The van der Waals surface area contributed by atoms with Crippen LogP contribution in [0.4, 0.5) is 11.6 Å². The lowest BCUT2D eigenvalue weighted by molar-refractivity contribution is 0.102. The molecule has 1 aliphatic rings. The fourth-order valence-corrected chi connectivity index (χ4v) is 3.21. The van der Waals surface area contributed by atoms with Gasteiger partial charge in [-0.25, -0.2) is 0 Å². The molecule has 1 aliphatic heterocycles. The third kappa shape index (κ3) is 4.07. The van der Waals surface area contributed by atoms with Gasteiger partial charge in [0, 0.05) is 36.0 Å². The summed E-state index contributed by atoms with van der Waals surface area (Å²) in [5.41, 5.74) is 4.58. The quantitative estimate of drug-likeness (QED) is 0.728. The molecule has 0 saturated carbocycles. The van der Waals surface area contributed by atoms with E-state index in [1.807, 2.05) is 36.4 Å². The summed E-state index contributed by atoms with van der Waals surface area (Å²) < 4.78 is 10.7. The molecular formula is C22H23N3O3. The van der Waals surface area contributed by atoms with Crippen molar-refractivity contribution in [2.75, 3.05) is 36.5 Å². The fraction of sp³-hybridized carbons (Fsp3) is 0.273. The third-order valence-corrected chi connectivity index (χ3v) is 4.91. The van der Waals surface area contributed by atoms with Gasteiger partial charge in [0.05, 0.1) is 13.2 Å². The first-order chi connectivity index (χ1) is 13.7. The normalized spacial score (nSPS) is 14.1. The van der Waals surface area contributed by atoms with E-state index >= 15 is 0 Å². The summed E-state index contributed by atoms with van der Waals surface area (Å²) in [4.78, 5) is 14.7. The van der Waals surface area contributed by atoms with Crippen molar-refractivity contribution in [2.45, 2.75) is 13.3 Å². The number of aromatic nitrogens is 1. The van der Waals surface area contributed by atoms with E-state index in [0.29, 0.717) is 17.1 Å². The standard InChI is InChI=1S/C22H23N3O3/c1-2-16-3-5-17(6-4-16)20-15-21(28-24-20)23-22(26)18-7-9-19(10-8-18)25-11-13-27-14-12-25/h3-10,15H,2,11-14H2,1H3,(H,23,26). The lowest BCUT2D eigenvalue weighted by atomic mass is 10.1. The summed E-state index contributed by atoms with van der Waals surface area (Å²) in [6.07, 6.45) is 0.991. The molecular weight excluding hydrogens is 354 g/mol. The van der Waals surface area contributed by atoms with Crippen molar-refractivity contribution in [3.8, 4) is 11.3 Å². The van der Waals surface area contributed by atoms with Crippen molar-refractivity contribution >= 4 is 17.5 Å². The number of nitrogens with zero attached hydrogens (tertiary/aromatic N) is 2. The molecule has 3 aromatic rings. The van der Waals surface area contributed by atoms with Crippen LogP contribution in [0.5, 0.6) is 0 Å². The summed E-state index contributed by atoms with van der Waals surface area (Å²) >= 11 is 0. The van der Waals surface area contributed by atoms with Gasteiger partial charge < -0.3 is 14.2 Å². The number of hydrogen-bond acceptors (Lipinski definition) is 5. The van der Waals surface area contributed by atoms with Crippen LogP contribution >= 0.6 is 0 Å². The summed E-state index contributed by atoms with van der Waals surface area (Å²) in [5.74, 6) is 0.106. The second-order valence-corrected chi connectivity index (χ2v) is 6.73. The van der Waals surface area contributed by atoms with Crippen molar-refractivity contribution in [1.82, 2.24) is 5.16 Å². The Morgan fingerprint density at radius 2 is 1.79 bits per heavy atom. The van der Waals surface area contributed by atoms with Gasteiger partial charge in [-0.3, -0.25) is 10.1 Å². The average Bonchev–Trinajstić information content (AvgIpc) is 3.23. The molecule has 0 atom stereocenters. The van der Waals surface area contributed by atoms with Crippen molar-refractivity contribution in [3.63, 3.8) is 0 Å². The second kappa shape index (κ2) is 8.27. The van der Waals surface area contributed by atoms with Crippen LogP contribution in [0.15, 0.2) is 59.1 Å². The van der Waals surface area contributed by atoms with Gasteiger partial charge >= 0.3 is 0 Å². The van der Waals surface area contributed by atoms with E-state index in [1.165, 1.54) is 5.56 Å². The summed E-state index contributed by atoms with van der Waals surface area (Å²) in [7, 11) is 0. The Morgan fingerprint density at radius 1 is 1.07 bits per heavy atom. The molecule has 4 rings (SSSR count). The average molecular weight is 377 g/mol. The summed E-state index contributed by atoms with van der Waals surface area (Å²) in [6.45, 7) is 5.32. The highest BCUT2D eigenvalue weighted by atomic mass is 16.5. The zero-order valence-corrected chi connectivity index (χ0v) is 15.9. The number of benzene rings is 2. The van der Waals surface area contributed by atoms with Crippen molar-refractivity contribution in [1.29, 1.82) is 0 Å². The van der Waals surface area contributed by atoms with Crippen LogP contribution < -0.4 is 10.2 Å². The van der Waals surface area contributed by atoms with Gasteiger partial charge in [-0.05, 0) is 36.2 Å². The number of aryl methyl sites for hydroxylation is 1. The molecule has 0 spiro atoms. The monoisotopic (exact) mass is 377 g/mol. The Morgan fingerprint density at radius 3 is 2.46 bits per heavy atom. The molecule has 6 nitrogen and oxygen atoms in total. The molecule has 0 aliphatic carbocycles. The van der Waals surface area contributed by atoms with E-state index in [0.717, 1.165) is 44.0 Å². The molecule has 1 aromatic heterocycles. The van der Waals surface area contributed by atoms with Gasteiger partial charge in [-0.15, -0.1) is 0 Å². The van der Waals surface area contributed by atoms with E-state index in [9.17, 15) is 4.79 Å². The van der Waals surface area contributed by atoms with Crippen molar-refractivity contribution < 1.29 is 14.1 Å². The lowest BCUT2D eigenvalue weighted by Crippen LogP contribution is -2.36. The molecule has 1 N–H and O–H groups in total.